The second kappa shape index (κ2) is 9.34. The van der Waals surface area contributed by atoms with E-state index in [-0.39, 0.29) is 0 Å². The number of nitrogens with zero attached hydrogens (tertiary/aromatic N) is 6. The molecule has 7 nitrogen and oxygen atoms in total. The van der Waals surface area contributed by atoms with E-state index in [0.29, 0.717) is 27.5 Å². The van der Waals surface area contributed by atoms with Crippen LogP contribution < -0.4 is 5.32 Å². The fourth-order valence-electron chi connectivity index (χ4n) is 3.47. The van der Waals surface area contributed by atoms with Crippen molar-refractivity contribution in [3.63, 3.8) is 0 Å². The first-order chi connectivity index (χ1) is 14.5. The molecule has 1 aliphatic rings. The van der Waals surface area contributed by atoms with E-state index in [1.165, 1.54) is 5.56 Å². The topological polar surface area (TPSA) is 54.1 Å². The molecule has 0 aliphatic carbocycles. The molecule has 0 radical (unpaired) electrons. The molecular formula is C20H23Cl2N7S. The van der Waals surface area contributed by atoms with Gasteiger partial charge in [0.1, 0.15) is 0 Å². The highest BCUT2D eigenvalue weighted by Gasteiger charge is 2.20. The first-order valence-electron chi connectivity index (χ1n) is 9.70. The number of anilines is 1. The summed E-state index contributed by atoms with van der Waals surface area (Å²) in [4.78, 5) is 4.59. The molecule has 0 unspecified atom stereocenters. The van der Waals surface area contributed by atoms with Gasteiger partial charge < -0.3 is 10.2 Å². The monoisotopic (exact) mass is 463 g/mol. The summed E-state index contributed by atoms with van der Waals surface area (Å²) < 4.78 is 3.63. The average molecular weight is 464 g/mol. The first kappa shape index (κ1) is 21.1. The van der Waals surface area contributed by atoms with Crippen molar-refractivity contribution >= 4 is 46.4 Å². The molecule has 4 rings (SSSR count). The van der Waals surface area contributed by atoms with Crippen molar-refractivity contribution in [1.29, 1.82) is 0 Å². The summed E-state index contributed by atoms with van der Waals surface area (Å²) in [6.45, 7) is 5.08. The summed E-state index contributed by atoms with van der Waals surface area (Å²) in [7, 11) is 1.94. The summed E-state index contributed by atoms with van der Waals surface area (Å²) >= 11 is 18.1. The molecule has 0 spiro atoms. The predicted octanol–water partition coefficient (Wildman–Crippen LogP) is 3.49. The van der Waals surface area contributed by atoms with Crippen LogP contribution in [0.1, 0.15) is 11.1 Å². The van der Waals surface area contributed by atoms with Crippen LogP contribution in [0, 0.1) is 0 Å². The van der Waals surface area contributed by atoms with Crippen molar-refractivity contribution in [1.82, 2.24) is 29.4 Å². The van der Waals surface area contributed by atoms with Crippen molar-refractivity contribution in [2.75, 3.05) is 31.5 Å². The van der Waals surface area contributed by atoms with Gasteiger partial charge in [-0.25, -0.2) is 0 Å². The standard InChI is InChI=1S/C20H23Cl2N7S/c1-26-12-15(11-23-26)13-27-7-9-28(10-8-27)20(30)24-19-5-6-29(25-19)14-16-17(21)3-2-4-18(16)22/h2-6,11-12H,7-10,13-14H2,1H3,(H,24,25,30). The summed E-state index contributed by atoms with van der Waals surface area (Å²) in [5.41, 5.74) is 2.08. The molecule has 0 amide bonds. The van der Waals surface area contributed by atoms with E-state index in [2.05, 4.69) is 31.5 Å². The Bertz CT molecular complexity index is 1000. The molecule has 158 valence electrons. The lowest BCUT2D eigenvalue weighted by molar-refractivity contribution is 0.177. The lowest BCUT2D eigenvalue weighted by Gasteiger charge is -2.35. The van der Waals surface area contributed by atoms with Gasteiger partial charge in [-0.15, -0.1) is 0 Å². The number of hydrogen-bond acceptors (Lipinski definition) is 4. The van der Waals surface area contributed by atoms with Crippen LogP contribution in [0.4, 0.5) is 5.82 Å². The first-order valence-corrected chi connectivity index (χ1v) is 10.9. The molecule has 3 aromatic rings. The van der Waals surface area contributed by atoms with Crippen LogP contribution in [0.15, 0.2) is 42.9 Å². The maximum Gasteiger partial charge on any atom is 0.174 e. The van der Waals surface area contributed by atoms with Gasteiger partial charge in [0, 0.05) is 79.4 Å². The highest BCUT2D eigenvalue weighted by atomic mass is 35.5. The van der Waals surface area contributed by atoms with Gasteiger partial charge in [-0.05, 0) is 24.4 Å². The van der Waals surface area contributed by atoms with E-state index < -0.39 is 0 Å². The summed E-state index contributed by atoms with van der Waals surface area (Å²) in [5.74, 6) is 0.709. The number of thiocarbonyl (C=S) groups is 1. The minimum atomic E-state index is 0.500. The molecule has 0 bridgehead atoms. The minimum Gasteiger partial charge on any atom is -0.346 e. The van der Waals surface area contributed by atoms with E-state index in [1.807, 2.05) is 48.4 Å². The van der Waals surface area contributed by atoms with Crippen LogP contribution in [0.25, 0.3) is 0 Å². The van der Waals surface area contributed by atoms with E-state index in [0.717, 1.165) is 38.3 Å². The number of halogens is 2. The van der Waals surface area contributed by atoms with Gasteiger partial charge in [0.15, 0.2) is 10.9 Å². The zero-order valence-corrected chi connectivity index (χ0v) is 19.0. The normalized spacial score (nSPS) is 14.8. The Hall–Kier alpha value is -2.13. The van der Waals surface area contributed by atoms with E-state index >= 15 is 0 Å². The van der Waals surface area contributed by atoms with E-state index in [1.54, 1.807) is 4.68 Å². The number of piperazine rings is 1. The Morgan fingerprint density at radius 2 is 1.83 bits per heavy atom. The third-order valence-electron chi connectivity index (χ3n) is 5.08. The Morgan fingerprint density at radius 3 is 2.50 bits per heavy atom. The van der Waals surface area contributed by atoms with Crippen LogP contribution in [-0.4, -0.2) is 60.7 Å². The van der Waals surface area contributed by atoms with E-state index in [9.17, 15) is 0 Å². The zero-order chi connectivity index (χ0) is 21.1. The lowest BCUT2D eigenvalue weighted by atomic mass is 10.2. The Balaban J connectivity index is 1.28. The molecule has 1 fully saturated rings. The molecule has 2 aromatic heterocycles. The van der Waals surface area contributed by atoms with Crippen LogP contribution in [-0.2, 0) is 20.1 Å². The summed E-state index contributed by atoms with van der Waals surface area (Å²) in [5, 5.41) is 14.0. The Labute approximate surface area is 191 Å². The van der Waals surface area contributed by atoms with Gasteiger partial charge in [0.05, 0.1) is 12.7 Å². The lowest BCUT2D eigenvalue weighted by Crippen LogP contribution is -2.49. The number of nitrogens with one attached hydrogen (secondary N) is 1. The molecule has 0 atom stereocenters. The smallest absolute Gasteiger partial charge is 0.174 e. The average Bonchev–Trinajstić information content (AvgIpc) is 3.34. The fraction of sp³-hybridized carbons (Fsp3) is 0.350. The van der Waals surface area contributed by atoms with Crippen LogP contribution >= 0.6 is 35.4 Å². The van der Waals surface area contributed by atoms with Gasteiger partial charge in [0.2, 0.25) is 0 Å². The van der Waals surface area contributed by atoms with Crippen LogP contribution in [0.2, 0.25) is 10.0 Å². The molecule has 3 heterocycles. The van der Waals surface area contributed by atoms with Crippen molar-refractivity contribution in [2.24, 2.45) is 7.05 Å². The number of aryl methyl sites for hydroxylation is 1. The predicted molar refractivity (Wildman–Crippen MR) is 124 cm³/mol. The molecule has 1 aromatic carbocycles. The highest BCUT2D eigenvalue weighted by molar-refractivity contribution is 7.80. The molecule has 10 heteroatoms. The van der Waals surface area contributed by atoms with Gasteiger partial charge >= 0.3 is 0 Å². The van der Waals surface area contributed by atoms with Crippen molar-refractivity contribution in [2.45, 2.75) is 13.1 Å². The molecule has 1 N–H and O–H groups in total. The number of rotatable bonds is 5. The van der Waals surface area contributed by atoms with Crippen molar-refractivity contribution in [3.05, 3.63) is 64.0 Å². The number of hydrogen-bond donors (Lipinski definition) is 1. The molecule has 30 heavy (non-hydrogen) atoms. The molecular weight excluding hydrogens is 441 g/mol. The minimum absolute atomic E-state index is 0.500. The molecule has 1 saturated heterocycles. The SMILES string of the molecule is Cn1cc(CN2CCN(C(=S)Nc3ccn(Cc4c(Cl)cccc4Cl)n3)CC2)cn1. The molecule has 0 saturated carbocycles. The summed E-state index contributed by atoms with van der Waals surface area (Å²) in [6, 6.07) is 7.39. The Morgan fingerprint density at radius 1 is 1.10 bits per heavy atom. The number of benzene rings is 1. The van der Waals surface area contributed by atoms with Crippen LogP contribution in [0.5, 0.6) is 0 Å². The maximum absolute atomic E-state index is 6.26. The Kier molecular flexibility index (Phi) is 6.58. The third-order valence-corrected chi connectivity index (χ3v) is 6.15. The maximum atomic E-state index is 6.26. The second-order valence-electron chi connectivity index (χ2n) is 7.31. The van der Waals surface area contributed by atoms with Crippen molar-refractivity contribution in [3.8, 4) is 0 Å². The molecule has 1 aliphatic heterocycles. The third kappa shape index (κ3) is 5.13. The van der Waals surface area contributed by atoms with Crippen molar-refractivity contribution < 1.29 is 0 Å². The second-order valence-corrected chi connectivity index (χ2v) is 8.52. The van der Waals surface area contributed by atoms with Gasteiger partial charge in [-0.3, -0.25) is 14.3 Å². The van der Waals surface area contributed by atoms with Gasteiger partial charge in [-0.1, -0.05) is 29.3 Å². The quantitative estimate of drug-likeness (QED) is 0.584. The highest BCUT2D eigenvalue weighted by Crippen LogP contribution is 2.25. The zero-order valence-electron chi connectivity index (χ0n) is 16.6. The number of aromatic nitrogens is 4. The van der Waals surface area contributed by atoms with Crippen LogP contribution in [0.3, 0.4) is 0 Å². The van der Waals surface area contributed by atoms with Gasteiger partial charge in [0.25, 0.3) is 0 Å². The summed E-state index contributed by atoms with van der Waals surface area (Å²) in [6.07, 6.45) is 5.87. The largest absolute Gasteiger partial charge is 0.346 e. The van der Waals surface area contributed by atoms with E-state index in [4.69, 9.17) is 35.4 Å². The fourth-order valence-corrected chi connectivity index (χ4v) is 4.28. The van der Waals surface area contributed by atoms with Gasteiger partial charge in [-0.2, -0.15) is 10.2 Å².